The van der Waals surface area contributed by atoms with E-state index in [1.807, 2.05) is 0 Å². The zero-order valence-corrected chi connectivity index (χ0v) is 12.0. The Labute approximate surface area is 126 Å². The van der Waals surface area contributed by atoms with Crippen molar-refractivity contribution in [3.63, 3.8) is 0 Å². The van der Waals surface area contributed by atoms with Crippen molar-refractivity contribution in [2.45, 2.75) is 6.04 Å². The number of aliphatic hydroxyl groups excluding tert-OH is 1. The fourth-order valence-corrected chi connectivity index (χ4v) is 1.69. The first-order valence-electron chi connectivity index (χ1n) is 6.00. The van der Waals surface area contributed by atoms with Crippen LogP contribution in [0.25, 0.3) is 0 Å². The van der Waals surface area contributed by atoms with Gasteiger partial charge in [-0.25, -0.2) is 4.79 Å². The van der Waals surface area contributed by atoms with Gasteiger partial charge in [-0.3, -0.25) is 9.59 Å². The minimum Gasteiger partial charge on any atom is -0.467 e. The number of carbonyl (C=O) groups is 3. The van der Waals surface area contributed by atoms with Crippen LogP contribution in [0.15, 0.2) is 24.3 Å². The number of aliphatic hydroxyl groups is 1. The summed E-state index contributed by atoms with van der Waals surface area (Å²) in [6, 6.07) is 5.21. The van der Waals surface area contributed by atoms with Crippen LogP contribution in [0.4, 0.5) is 0 Å². The lowest BCUT2D eigenvalue weighted by molar-refractivity contribution is -0.146. The lowest BCUT2D eigenvalue weighted by atomic mass is 10.2. The van der Waals surface area contributed by atoms with Crippen molar-refractivity contribution in [2.24, 2.45) is 0 Å². The van der Waals surface area contributed by atoms with Gasteiger partial charge in [-0.05, 0) is 12.1 Å². The van der Waals surface area contributed by atoms with Crippen molar-refractivity contribution in [3.05, 3.63) is 34.9 Å². The van der Waals surface area contributed by atoms with Crippen LogP contribution in [-0.4, -0.2) is 49.2 Å². The molecule has 0 saturated heterocycles. The molecule has 1 atom stereocenters. The van der Waals surface area contributed by atoms with E-state index in [1.165, 1.54) is 6.07 Å². The fraction of sp³-hybridized carbons (Fsp3) is 0.308. The standard InChI is InChI=1S/C13H15ClN2O5/c1-21-13(20)10(7-17)16-11(18)6-15-12(19)8-4-2-3-5-9(8)14/h2-5,10,17H,6-7H2,1H3,(H,15,19)(H,16,18)/t10-/m1/s1. The highest BCUT2D eigenvalue weighted by Gasteiger charge is 2.20. The molecule has 0 radical (unpaired) electrons. The summed E-state index contributed by atoms with van der Waals surface area (Å²) in [5.41, 5.74) is 0.235. The highest BCUT2D eigenvalue weighted by Crippen LogP contribution is 2.14. The van der Waals surface area contributed by atoms with Crippen molar-refractivity contribution in [1.82, 2.24) is 10.6 Å². The molecule has 0 aliphatic carbocycles. The molecule has 1 aromatic carbocycles. The second-order valence-corrected chi connectivity index (χ2v) is 4.40. The number of hydrogen-bond acceptors (Lipinski definition) is 5. The van der Waals surface area contributed by atoms with E-state index in [9.17, 15) is 14.4 Å². The molecule has 8 heteroatoms. The number of ether oxygens (including phenoxy) is 1. The molecule has 1 aromatic rings. The smallest absolute Gasteiger partial charge is 0.330 e. The van der Waals surface area contributed by atoms with Gasteiger partial charge in [0.25, 0.3) is 5.91 Å². The van der Waals surface area contributed by atoms with Crippen LogP contribution in [0.1, 0.15) is 10.4 Å². The molecule has 114 valence electrons. The Morgan fingerprint density at radius 3 is 2.57 bits per heavy atom. The maximum absolute atomic E-state index is 11.8. The molecule has 0 heterocycles. The molecular formula is C13H15ClN2O5. The average molecular weight is 315 g/mol. The summed E-state index contributed by atoms with van der Waals surface area (Å²) in [4.78, 5) is 34.6. The fourth-order valence-electron chi connectivity index (χ4n) is 1.47. The third-order valence-corrected chi connectivity index (χ3v) is 2.86. The molecule has 7 nitrogen and oxygen atoms in total. The minimum atomic E-state index is -1.17. The first kappa shape index (κ1) is 16.9. The van der Waals surface area contributed by atoms with E-state index in [1.54, 1.807) is 18.2 Å². The van der Waals surface area contributed by atoms with Gasteiger partial charge in [0.15, 0.2) is 6.04 Å². The van der Waals surface area contributed by atoms with Crippen molar-refractivity contribution in [3.8, 4) is 0 Å². The van der Waals surface area contributed by atoms with E-state index in [2.05, 4.69) is 15.4 Å². The molecule has 3 N–H and O–H groups in total. The molecule has 0 unspecified atom stereocenters. The van der Waals surface area contributed by atoms with Crippen LogP contribution in [0, 0.1) is 0 Å². The summed E-state index contributed by atoms with van der Waals surface area (Å²) in [6.45, 7) is -0.964. The number of hydrogen-bond donors (Lipinski definition) is 3. The Bertz CT molecular complexity index is 535. The Morgan fingerprint density at radius 1 is 1.33 bits per heavy atom. The molecular weight excluding hydrogens is 300 g/mol. The number of esters is 1. The average Bonchev–Trinajstić information content (AvgIpc) is 2.49. The quantitative estimate of drug-likeness (QED) is 0.626. The van der Waals surface area contributed by atoms with E-state index >= 15 is 0 Å². The van der Waals surface area contributed by atoms with Gasteiger partial charge in [-0.1, -0.05) is 23.7 Å². The number of carbonyl (C=O) groups excluding carboxylic acids is 3. The van der Waals surface area contributed by atoms with Gasteiger partial charge in [-0.15, -0.1) is 0 Å². The highest BCUT2D eigenvalue weighted by atomic mass is 35.5. The number of nitrogens with one attached hydrogen (secondary N) is 2. The highest BCUT2D eigenvalue weighted by molar-refractivity contribution is 6.33. The lowest BCUT2D eigenvalue weighted by Crippen LogP contribution is -2.47. The van der Waals surface area contributed by atoms with E-state index in [0.717, 1.165) is 7.11 Å². The molecule has 1 rings (SSSR count). The van der Waals surface area contributed by atoms with Gasteiger partial charge in [0, 0.05) is 0 Å². The molecule has 21 heavy (non-hydrogen) atoms. The molecule has 0 aliphatic rings. The number of methoxy groups -OCH3 is 1. The Morgan fingerprint density at radius 2 is 2.00 bits per heavy atom. The Balaban J connectivity index is 2.51. The number of halogens is 1. The molecule has 0 aromatic heterocycles. The molecule has 0 fully saturated rings. The summed E-state index contributed by atoms with van der Waals surface area (Å²) in [6.07, 6.45) is 0. The monoisotopic (exact) mass is 314 g/mol. The van der Waals surface area contributed by atoms with Crippen molar-refractivity contribution >= 4 is 29.4 Å². The Hall–Kier alpha value is -2.12. The second-order valence-electron chi connectivity index (χ2n) is 3.99. The second kappa shape index (κ2) is 8.23. The predicted octanol–water partition coefficient (Wildman–Crippen LogP) is -0.280. The zero-order chi connectivity index (χ0) is 15.8. The van der Waals surface area contributed by atoms with Crippen molar-refractivity contribution in [1.29, 1.82) is 0 Å². The third-order valence-electron chi connectivity index (χ3n) is 2.53. The predicted molar refractivity (Wildman–Crippen MR) is 74.8 cm³/mol. The van der Waals surface area contributed by atoms with Gasteiger partial charge in [0.05, 0.1) is 30.8 Å². The van der Waals surface area contributed by atoms with E-state index < -0.39 is 30.4 Å². The summed E-state index contributed by atoms with van der Waals surface area (Å²) in [5, 5.41) is 13.8. The van der Waals surface area contributed by atoms with Gasteiger partial charge in [0.1, 0.15) is 0 Å². The number of rotatable bonds is 6. The first-order valence-corrected chi connectivity index (χ1v) is 6.38. The molecule has 0 saturated carbocycles. The van der Waals surface area contributed by atoms with E-state index in [-0.39, 0.29) is 17.1 Å². The maximum atomic E-state index is 11.8. The third kappa shape index (κ3) is 5.05. The molecule has 0 aliphatic heterocycles. The summed E-state index contributed by atoms with van der Waals surface area (Å²) < 4.78 is 4.40. The van der Waals surface area contributed by atoms with Crippen molar-refractivity contribution < 1.29 is 24.2 Å². The number of amides is 2. The molecule has 2 amide bonds. The largest absolute Gasteiger partial charge is 0.467 e. The molecule has 0 bridgehead atoms. The lowest BCUT2D eigenvalue weighted by Gasteiger charge is -2.14. The minimum absolute atomic E-state index is 0.235. The summed E-state index contributed by atoms with van der Waals surface area (Å²) in [7, 11) is 1.14. The van der Waals surface area contributed by atoms with Gasteiger partial charge in [-0.2, -0.15) is 0 Å². The van der Waals surface area contributed by atoms with Crippen LogP contribution < -0.4 is 10.6 Å². The maximum Gasteiger partial charge on any atom is 0.330 e. The summed E-state index contributed by atoms with van der Waals surface area (Å²) in [5.74, 6) is -1.93. The van der Waals surface area contributed by atoms with E-state index in [4.69, 9.17) is 16.7 Å². The van der Waals surface area contributed by atoms with Crippen LogP contribution >= 0.6 is 11.6 Å². The van der Waals surface area contributed by atoms with E-state index in [0.29, 0.717) is 0 Å². The van der Waals surface area contributed by atoms with Crippen molar-refractivity contribution in [2.75, 3.05) is 20.3 Å². The van der Waals surface area contributed by atoms with Gasteiger partial charge < -0.3 is 20.5 Å². The van der Waals surface area contributed by atoms with Gasteiger partial charge in [0.2, 0.25) is 5.91 Å². The zero-order valence-electron chi connectivity index (χ0n) is 11.3. The van der Waals surface area contributed by atoms with Gasteiger partial charge >= 0.3 is 5.97 Å². The number of benzene rings is 1. The van der Waals surface area contributed by atoms with Crippen LogP contribution in [0.3, 0.4) is 0 Å². The topological polar surface area (TPSA) is 105 Å². The van der Waals surface area contributed by atoms with Crippen LogP contribution in [-0.2, 0) is 14.3 Å². The Kier molecular flexibility index (Phi) is 6.64. The normalized spacial score (nSPS) is 11.4. The first-order chi connectivity index (χ1) is 9.99. The van der Waals surface area contributed by atoms with Crippen LogP contribution in [0.2, 0.25) is 5.02 Å². The summed E-state index contributed by atoms with van der Waals surface area (Å²) >= 11 is 5.85. The van der Waals surface area contributed by atoms with Crippen LogP contribution in [0.5, 0.6) is 0 Å². The SMILES string of the molecule is COC(=O)[C@@H](CO)NC(=O)CNC(=O)c1ccccc1Cl. The molecule has 0 spiro atoms.